The fourth-order valence-electron chi connectivity index (χ4n) is 2.59. The summed E-state index contributed by atoms with van der Waals surface area (Å²) < 4.78 is 5.25. The SMILES string of the molecule is COc1cccc(C2CC(O)c3ccccc3N2)c1. The average Bonchev–Trinajstić information content (AvgIpc) is 2.47. The summed E-state index contributed by atoms with van der Waals surface area (Å²) in [4.78, 5) is 0. The summed E-state index contributed by atoms with van der Waals surface area (Å²) in [6, 6.07) is 16.0. The molecule has 0 saturated heterocycles. The Morgan fingerprint density at radius 2 is 2.00 bits per heavy atom. The summed E-state index contributed by atoms with van der Waals surface area (Å²) in [5, 5.41) is 13.7. The number of benzene rings is 2. The van der Waals surface area contributed by atoms with Crippen LogP contribution in [0.3, 0.4) is 0 Å². The molecule has 2 aromatic carbocycles. The molecule has 1 aliphatic heterocycles. The number of para-hydroxylation sites is 1. The summed E-state index contributed by atoms with van der Waals surface area (Å²) in [5.74, 6) is 0.840. The molecule has 3 heteroatoms. The lowest BCUT2D eigenvalue weighted by atomic mass is 9.91. The van der Waals surface area contributed by atoms with Gasteiger partial charge in [0.25, 0.3) is 0 Å². The first kappa shape index (κ1) is 12.1. The van der Waals surface area contributed by atoms with Crippen LogP contribution in [0.15, 0.2) is 48.5 Å². The van der Waals surface area contributed by atoms with Crippen molar-refractivity contribution >= 4 is 5.69 Å². The van der Waals surface area contributed by atoms with E-state index in [2.05, 4.69) is 11.4 Å². The van der Waals surface area contributed by atoms with E-state index in [0.717, 1.165) is 22.6 Å². The molecule has 0 aromatic heterocycles. The Kier molecular flexibility index (Phi) is 3.13. The summed E-state index contributed by atoms with van der Waals surface area (Å²) >= 11 is 0. The molecule has 2 atom stereocenters. The van der Waals surface area contributed by atoms with Crippen molar-refractivity contribution in [3.05, 3.63) is 59.7 Å². The third kappa shape index (κ3) is 2.29. The zero-order chi connectivity index (χ0) is 13.2. The van der Waals surface area contributed by atoms with Crippen molar-refractivity contribution in [1.82, 2.24) is 0 Å². The van der Waals surface area contributed by atoms with Crippen molar-refractivity contribution < 1.29 is 9.84 Å². The van der Waals surface area contributed by atoms with Crippen molar-refractivity contribution in [2.45, 2.75) is 18.6 Å². The highest BCUT2D eigenvalue weighted by Gasteiger charge is 2.25. The number of aliphatic hydroxyl groups is 1. The second-order valence-corrected chi connectivity index (χ2v) is 4.81. The van der Waals surface area contributed by atoms with E-state index in [-0.39, 0.29) is 6.04 Å². The first-order valence-corrected chi connectivity index (χ1v) is 6.45. The second kappa shape index (κ2) is 4.94. The molecule has 0 amide bonds. The molecule has 2 unspecified atom stereocenters. The second-order valence-electron chi connectivity index (χ2n) is 4.81. The number of nitrogens with one attached hydrogen (secondary N) is 1. The van der Waals surface area contributed by atoms with Gasteiger partial charge in [0, 0.05) is 17.7 Å². The van der Waals surface area contributed by atoms with Gasteiger partial charge in [0.2, 0.25) is 0 Å². The van der Waals surface area contributed by atoms with Gasteiger partial charge in [0.05, 0.1) is 19.3 Å². The lowest BCUT2D eigenvalue weighted by molar-refractivity contribution is 0.156. The van der Waals surface area contributed by atoms with Gasteiger partial charge in [0.15, 0.2) is 0 Å². The van der Waals surface area contributed by atoms with Crippen LogP contribution in [-0.4, -0.2) is 12.2 Å². The third-order valence-electron chi connectivity index (χ3n) is 3.60. The Morgan fingerprint density at radius 1 is 1.16 bits per heavy atom. The van der Waals surface area contributed by atoms with Gasteiger partial charge in [0.1, 0.15) is 5.75 Å². The zero-order valence-electron chi connectivity index (χ0n) is 10.8. The number of hydrogen-bond donors (Lipinski definition) is 2. The average molecular weight is 255 g/mol. The number of anilines is 1. The molecule has 0 bridgehead atoms. The highest BCUT2D eigenvalue weighted by molar-refractivity contribution is 5.56. The van der Waals surface area contributed by atoms with Crippen molar-refractivity contribution in [3.8, 4) is 5.75 Å². The molecule has 3 nitrogen and oxygen atoms in total. The van der Waals surface area contributed by atoms with Crippen LogP contribution in [0.25, 0.3) is 0 Å². The minimum atomic E-state index is -0.423. The van der Waals surface area contributed by atoms with Gasteiger partial charge in [-0.2, -0.15) is 0 Å². The summed E-state index contributed by atoms with van der Waals surface area (Å²) in [5.41, 5.74) is 3.11. The molecule has 1 heterocycles. The molecular weight excluding hydrogens is 238 g/mol. The van der Waals surface area contributed by atoms with Crippen LogP contribution >= 0.6 is 0 Å². The first-order valence-electron chi connectivity index (χ1n) is 6.45. The minimum Gasteiger partial charge on any atom is -0.497 e. The van der Waals surface area contributed by atoms with Gasteiger partial charge in [-0.05, 0) is 23.8 Å². The van der Waals surface area contributed by atoms with Crippen LogP contribution in [0.4, 0.5) is 5.69 Å². The first-order chi connectivity index (χ1) is 9.28. The van der Waals surface area contributed by atoms with Gasteiger partial charge >= 0.3 is 0 Å². The van der Waals surface area contributed by atoms with E-state index < -0.39 is 6.10 Å². The predicted octanol–water partition coefficient (Wildman–Crippen LogP) is 3.29. The monoisotopic (exact) mass is 255 g/mol. The van der Waals surface area contributed by atoms with E-state index in [0.29, 0.717) is 6.42 Å². The molecule has 1 aliphatic rings. The Bertz CT molecular complexity index is 582. The van der Waals surface area contributed by atoms with Crippen LogP contribution in [-0.2, 0) is 0 Å². The van der Waals surface area contributed by atoms with Gasteiger partial charge in [-0.25, -0.2) is 0 Å². The van der Waals surface area contributed by atoms with E-state index in [1.54, 1.807) is 7.11 Å². The molecule has 3 rings (SSSR count). The Hall–Kier alpha value is -2.00. The quantitative estimate of drug-likeness (QED) is 0.865. The topological polar surface area (TPSA) is 41.5 Å². The molecular formula is C16H17NO2. The molecule has 98 valence electrons. The normalized spacial score (nSPS) is 21.4. The van der Waals surface area contributed by atoms with Gasteiger partial charge in [-0.15, -0.1) is 0 Å². The molecule has 19 heavy (non-hydrogen) atoms. The Labute approximate surface area is 112 Å². The lowest BCUT2D eigenvalue weighted by Crippen LogP contribution is -2.21. The fraction of sp³-hybridized carbons (Fsp3) is 0.250. The number of fused-ring (bicyclic) bond motifs is 1. The smallest absolute Gasteiger partial charge is 0.119 e. The van der Waals surface area contributed by atoms with Crippen molar-refractivity contribution in [2.75, 3.05) is 12.4 Å². The number of ether oxygens (including phenoxy) is 1. The van der Waals surface area contributed by atoms with Crippen LogP contribution in [0, 0.1) is 0 Å². The van der Waals surface area contributed by atoms with Crippen LogP contribution in [0.1, 0.15) is 29.7 Å². The Morgan fingerprint density at radius 3 is 2.84 bits per heavy atom. The molecule has 0 fully saturated rings. The van der Waals surface area contributed by atoms with Gasteiger partial charge in [-0.3, -0.25) is 0 Å². The van der Waals surface area contributed by atoms with Crippen LogP contribution in [0.5, 0.6) is 5.75 Å². The molecule has 0 spiro atoms. The third-order valence-corrected chi connectivity index (χ3v) is 3.60. The summed E-state index contributed by atoms with van der Waals surface area (Å²) in [6.45, 7) is 0. The lowest BCUT2D eigenvalue weighted by Gasteiger charge is -2.31. The van der Waals surface area contributed by atoms with Gasteiger partial charge in [-0.1, -0.05) is 30.3 Å². The van der Waals surface area contributed by atoms with Gasteiger partial charge < -0.3 is 15.2 Å². The van der Waals surface area contributed by atoms with E-state index in [4.69, 9.17) is 4.74 Å². The number of methoxy groups -OCH3 is 1. The molecule has 0 radical (unpaired) electrons. The number of aliphatic hydroxyl groups excluding tert-OH is 1. The molecule has 2 aromatic rings. The van der Waals surface area contributed by atoms with E-state index in [9.17, 15) is 5.11 Å². The minimum absolute atomic E-state index is 0.111. The maximum atomic E-state index is 10.2. The van der Waals surface area contributed by atoms with Crippen LogP contribution < -0.4 is 10.1 Å². The highest BCUT2D eigenvalue weighted by Crippen LogP contribution is 2.39. The number of hydrogen-bond acceptors (Lipinski definition) is 3. The maximum absolute atomic E-state index is 10.2. The maximum Gasteiger partial charge on any atom is 0.119 e. The van der Waals surface area contributed by atoms with E-state index in [1.165, 1.54) is 0 Å². The highest BCUT2D eigenvalue weighted by atomic mass is 16.5. The van der Waals surface area contributed by atoms with Crippen molar-refractivity contribution in [1.29, 1.82) is 0 Å². The Balaban J connectivity index is 1.92. The predicted molar refractivity (Wildman–Crippen MR) is 75.4 cm³/mol. The van der Waals surface area contributed by atoms with Crippen molar-refractivity contribution in [3.63, 3.8) is 0 Å². The molecule has 0 saturated carbocycles. The van der Waals surface area contributed by atoms with E-state index in [1.807, 2.05) is 42.5 Å². The number of rotatable bonds is 2. The van der Waals surface area contributed by atoms with Crippen LogP contribution in [0.2, 0.25) is 0 Å². The largest absolute Gasteiger partial charge is 0.497 e. The zero-order valence-corrected chi connectivity index (χ0v) is 10.8. The van der Waals surface area contributed by atoms with E-state index >= 15 is 0 Å². The van der Waals surface area contributed by atoms with Crippen molar-refractivity contribution in [2.24, 2.45) is 0 Å². The summed E-state index contributed by atoms with van der Waals surface area (Å²) in [6.07, 6.45) is 0.248. The standard InChI is InChI=1S/C16H17NO2/c1-19-12-6-4-5-11(9-12)15-10-16(18)13-7-2-3-8-14(13)17-15/h2-9,15-18H,10H2,1H3. The molecule has 2 N–H and O–H groups in total. The molecule has 0 aliphatic carbocycles. The fourth-order valence-corrected chi connectivity index (χ4v) is 2.59. The summed E-state index contributed by atoms with van der Waals surface area (Å²) in [7, 11) is 1.66.